The molecule has 0 radical (unpaired) electrons. The molecule has 1 aromatic carbocycles. The molecule has 2 aromatic rings. The van der Waals surface area contributed by atoms with Gasteiger partial charge in [0.05, 0.1) is 0 Å². The molecule has 0 saturated heterocycles. The molecule has 120 valence electrons. The largest absolute Gasteiger partial charge is 0.475 e. The van der Waals surface area contributed by atoms with Crippen LogP contribution < -0.4 is 5.43 Å². The summed E-state index contributed by atoms with van der Waals surface area (Å²) in [5.41, 5.74) is 0.240. The van der Waals surface area contributed by atoms with E-state index >= 15 is 0 Å². The molecular formula is C16H15NO6. The lowest BCUT2D eigenvalue weighted by atomic mass is 10.2. The first kappa shape index (κ1) is 16.4. The molecule has 2 rings (SSSR count). The van der Waals surface area contributed by atoms with Gasteiger partial charge in [0.25, 0.3) is 5.91 Å². The fourth-order valence-electron chi connectivity index (χ4n) is 1.98. The molecule has 1 heterocycles. The third kappa shape index (κ3) is 4.27. The van der Waals surface area contributed by atoms with Crippen LogP contribution in [-0.4, -0.2) is 35.7 Å². The standard InChI is InChI=1S/C16H15NO6/c1-22-10-17(9-11-5-3-2-4-6-11)15(19)13-7-12(18)8-14(23-13)16(20)21/h2-8H,9-10H2,1H3,(H,20,21). The number of carbonyl (C=O) groups excluding carboxylic acids is 1. The van der Waals surface area contributed by atoms with Crippen molar-refractivity contribution in [1.82, 2.24) is 4.90 Å². The lowest BCUT2D eigenvalue weighted by Crippen LogP contribution is -2.33. The van der Waals surface area contributed by atoms with E-state index in [2.05, 4.69) is 0 Å². The van der Waals surface area contributed by atoms with Gasteiger partial charge in [-0.3, -0.25) is 9.59 Å². The van der Waals surface area contributed by atoms with Gasteiger partial charge in [0.1, 0.15) is 6.73 Å². The number of ether oxygens (including phenoxy) is 1. The Kier molecular flexibility index (Phi) is 5.27. The van der Waals surface area contributed by atoms with Gasteiger partial charge in [0.15, 0.2) is 11.2 Å². The van der Waals surface area contributed by atoms with Crippen LogP contribution in [0.15, 0.2) is 51.7 Å². The van der Waals surface area contributed by atoms with E-state index in [0.29, 0.717) is 0 Å². The maximum atomic E-state index is 12.5. The summed E-state index contributed by atoms with van der Waals surface area (Å²) < 4.78 is 10.00. The Morgan fingerprint density at radius 2 is 1.83 bits per heavy atom. The summed E-state index contributed by atoms with van der Waals surface area (Å²) in [5, 5.41) is 8.91. The molecule has 0 aliphatic rings. The summed E-state index contributed by atoms with van der Waals surface area (Å²) in [4.78, 5) is 36.3. The zero-order chi connectivity index (χ0) is 16.8. The van der Waals surface area contributed by atoms with E-state index in [1.165, 1.54) is 12.0 Å². The molecule has 1 amide bonds. The molecule has 0 spiro atoms. The minimum atomic E-state index is -1.42. The predicted molar refractivity (Wildman–Crippen MR) is 80.1 cm³/mol. The Balaban J connectivity index is 2.30. The highest BCUT2D eigenvalue weighted by atomic mass is 16.5. The number of aromatic carboxylic acids is 1. The van der Waals surface area contributed by atoms with Crippen LogP contribution in [0, 0.1) is 0 Å². The van der Waals surface area contributed by atoms with Crippen molar-refractivity contribution in [2.24, 2.45) is 0 Å². The van der Waals surface area contributed by atoms with Gasteiger partial charge in [-0.05, 0) is 5.56 Å². The second-order valence-corrected chi connectivity index (χ2v) is 4.73. The van der Waals surface area contributed by atoms with Crippen molar-refractivity contribution < 1.29 is 23.8 Å². The third-order valence-electron chi connectivity index (χ3n) is 2.98. The SMILES string of the molecule is COCN(Cc1ccccc1)C(=O)c1cc(=O)cc(C(=O)O)o1. The summed E-state index contributed by atoms with van der Waals surface area (Å²) in [6.45, 7) is 0.198. The molecule has 1 N–H and O–H groups in total. The predicted octanol–water partition coefficient (Wildman–Crippen LogP) is 1.58. The number of carboxylic acids is 1. The topological polar surface area (TPSA) is 97.0 Å². The van der Waals surface area contributed by atoms with Gasteiger partial charge >= 0.3 is 5.97 Å². The monoisotopic (exact) mass is 317 g/mol. The molecule has 0 unspecified atom stereocenters. The smallest absolute Gasteiger partial charge is 0.371 e. The molecule has 0 atom stereocenters. The third-order valence-corrected chi connectivity index (χ3v) is 2.98. The van der Waals surface area contributed by atoms with Crippen LogP contribution in [0.1, 0.15) is 26.7 Å². The van der Waals surface area contributed by atoms with Crippen molar-refractivity contribution in [2.75, 3.05) is 13.8 Å². The van der Waals surface area contributed by atoms with E-state index in [4.69, 9.17) is 14.3 Å². The lowest BCUT2D eigenvalue weighted by molar-refractivity contribution is 0.0357. The summed E-state index contributed by atoms with van der Waals surface area (Å²) in [7, 11) is 1.43. The number of hydrogen-bond acceptors (Lipinski definition) is 5. The van der Waals surface area contributed by atoms with Crippen LogP contribution in [0.2, 0.25) is 0 Å². The van der Waals surface area contributed by atoms with Crippen LogP contribution in [-0.2, 0) is 11.3 Å². The van der Waals surface area contributed by atoms with Crippen molar-refractivity contribution in [3.63, 3.8) is 0 Å². The first-order chi connectivity index (χ1) is 11.0. The second kappa shape index (κ2) is 7.37. The van der Waals surface area contributed by atoms with Crippen molar-refractivity contribution in [3.05, 3.63) is 69.8 Å². The van der Waals surface area contributed by atoms with Crippen molar-refractivity contribution >= 4 is 11.9 Å². The van der Waals surface area contributed by atoms with Crippen molar-refractivity contribution in [3.8, 4) is 0 Å². The molecule has 0 aliphatic carbocycles. The van der Waals surface area contributed by atoms with Gasteiger partial charge in [-0.2, -0.15) is 0 Å². The molecule has 7 nitrogen and oxygen atoms in total. The summed E-state index contributed by atoms with van der Waals surface area (Å²) in [6.07, 6.45) is 0. The maximum absolute atomic E-state index is 12.5. The Morgan fingerprint density at radius 1 is 1.17 bits per heavy atom. The highest BCUT2D eigenvalue weighted by Gasteiger charge is 2.21. The van der Waals surface area contributed by atoms with Crippen LogP contribution in [0.5, 0.6) is 0 Å². The maximum Gasteiger partial charge on any atom is 0.371 e. The normalized spacial score (nSPS) is 10.3. The highest BCUT2D eigenvalue weighted by molar-refractivity contribution is 5.92. The molecule has 0 fully saturated rings. The number of carboxylic acid groups (broad SMARTS) is 1. The average molecular weight is 317 g/mol. The van der Waals surface area contributed by atoms with Crippen LogP contribution >= 0.6 is 0 Å². The Morgan fingerprint density at radius 3 is 2.43 bits per heavy atom. The summed E-state index contributed by atoms with van der Waals surface area (Å²) >= 11 is 0. The minimum absolute atomic E-state index is 0.0330. The first-order valence-electron chi connectivity index (χ1n) is 6.72. The van der Waals surface area contributed by atoms with Gasteiger partial charge in [-0.1, -0.05) is 30.3 Å². The molecule has 23 heavy (non-hydrogen) atoms. The molecule has 1 aromatic heterocycles. The average Bonchev–Trinajstić information content (AvgIpc) is 2.54. The van der Waals surface area contributed by atoms with Gasteiger partial charge in [0.2, 0.25) is 5.76 Å². The van der Waals surface area contributed by atoms with E-state index in [0.717, 1.165) is 17.7 Å². The molecule has 0 saturated carbocycles. The van der Waals surface area contributed by atoms with Gasteiger partial charge in [0, 0.05) is 25.8 Å². The summed E-state index contributed by atoms with van der Waals surface area (Å²) in [5.74, 6) is -2.98. The zero-order valence-corrected chi connectivity index (χ0v) is 12.4. The van der Waals surface area contributed by atoms with E-state index in [-0.39, 0.29) is 19.0 Å². The Labute approximate surface area is 131 Å². The summed E-state index contributed by atoms with van der Waals surface area (Å²) in [6, 6.07) is 11.0. The van der Waals surface area contributed by atoms with Crippen molar-refractivity contribution in [1.29, 1.82) is 0 Å². The van der Waals surface area contributed by atoms with Gasteiger partial charge in [-0.25, -0.2) is 4.79 Å². The van der Waals surface area contributed by atoms with E-state index < -0.39 is 23.1 Å². The highest BCUT2D eigenvalue weighted by Crippen LogP contribution is 2.11. The minimum Gasteiger partial charge on any atom is -0.475 e. The van der Waals surface area contributed by atoms with Crippen LogP contribution in [0.4, 0.5) is 0 Å². The van der Waals surface area contributed by atoms with E-state index in [9.17, 15) is 14.4 Å². The zero-order valence-electron chi connectivity index (χ0n) is 12.4. The number of carbonyl (C=O) groups is 2. The first-order valence-corrected chi connectivity index (χ1v) is 6.72. The quantitative estimate of drug-likeness (QED) is 0.813. The second-order valence-electron chi connectivity index (χ2n) is 4.73. The Bertz CT molecular complexity index is 753. The molecule has 7 heteroatoms. The number of rotatable bonds is 6. The number of nitrogens with zero attached hydrogens (tertiary/aromatic N) is 1. The molecule has 0 bridgehead atoms. The van der Waals surface area contributed by atoms with Gasteiger partial charge < -0.3 is 19.2 Å². The van der Waals surface area contributed by atoms with Gasteiger partial charge in [-0.15, -0.1) is 0 Å². The Hall–Kier alpha value is -2.93. The number of hydrogen-bond donors (Lipinski definition) is 1. The van der Waals surface area contributed by atoms with E-state index in [1.54, 1.807) is 0 Å². The molecular weight excluding hydrogens is 302 g/mol. The fourth-order valence-corrected chi connectivity index (χ4v) is 1.98. The number of benzene rings is 1. The van der Waals surface area contributed by atoms with Crippen LogP contribution in [0.25, 0.3) is 0 Å². The van der Waals surface area contributed by atoms with Crippen molar-refractivity contribution in [2.45, 2.75) is 6.54 Å². The molecule has 0 aliphatic heterocycles. The number of amides is 1. The lowest BCUT2D eigenvalue weighted by Gasteiger charge is -2.21. The fraction of sp³-hybridized carbons (Fsp3) is 0.188. The number of methoxy groups -OCH3 is 1. The van der Waals surface area contributed by atoms with Crippen LogP contribution in [0.3, 0.4) is 0 Å². The van der Waals surface area contributed by atoms with E-state index in [1.807, 2.05) is 30.3 Å².